The maximum absolute atomic E-state index is 9.23. The minimum absolute atomic E-state index is 0.287. The van der Waals surface area contributed by atoms with Crippen LogP contribution in [0, 0.1) is 17.8 Å². The molecule has 3 atom stereocenters. The molecule has 1 saturated carbocycles. The Morgan fingerprint density at radius 1 is 1.38 bits per heavy atom. The maximum atomic E-state index is 9.23. The van der Waals surface area contributed by atoms with E-state index in [-0.39, 0.29) is 6.61 Å². The molecule has 13 heavy (non-hydrogen) atoms. The number of aliphatic hydroxyl groups excluding tert-OH is 1. The molecule has 0 radical (unpaired) electrons. The van der Waals surface area contributed by atoms with Gasteiger partial charge in [-0.05, 0) is 36.7 Å². The normalized spacial score (nSPS) is 42.7. The van der Waals surface area contributed by atoms with Crippen molar-refractivity contribution in [1.29, 1.82) is 0 Å². The van der Waals surface area contributed by atoms with E-state index in [0.717, 1.165) is 31.5 Å². The van der Waals surface area contributed by atoms with Crippen molar-refractivity contribution in [2.24, 2.45) is 17.8 Å². The average molecular weight is 180 g/mol. The van der Waals surface area contributed by atoms with Gasteiger partial charge in [0.1, 0.15) is 0 Å². The van der Waals surface area contributed by atoms with Gasteiger partial charge in [0, 0.05) is 5.92 Å². The second-order valence-electron chi connectivity index (χ2n) is 4.59. The van der Waals surface area contributed by atoms with Crippen molar-refractivity contribution in [2.75, 3.05) is 19.8 Å². The minimum Gasteiger partial charge on any atom is -0.392 e. The van der Waals surface area contributed by atoms with Crippen molar-refractivity contribution in [1.82, 2.24) is 0 Å². The highest BCUT2D eigenvalue weighted by Crippen LogP contribution is 2.51. The van der Waals surface area contributed by atoms with E-state index in [0.29, 0.717) is 5.92 Å². The second kappa shape index (κ2) is 2.82. The van der Waals surface area contributed by atoms with E-state index in [1.54, 1.807) is 5.57 Å². The first-order chi connectivity index (χ1) is 6.40. The summed E-state index contributed by atoms with van der Waals surface area (Å²) < 4.78 is 5.50. The maximum Gasteiger partial charge on any atom is 0.0644 e. The van der Waals surface area contributed by atoms with E-state index >= 15 is 0 Å². The minimum atomic E-state index is 0.287. The average Bonchev–Trinajstić information content (AvgIpc) is 2.72. The molecule has 1 N–H and O–H groups in total. The summed E-state index contributed by atoms with van der Waals surface area (Å²) in [5.74, 6) is 2.26. The molecule has 2 heteroatoms. The third kappa shape index (κ3) is 1.02. The van der Waals surface area contributed by atoms with Gasteiger partial charge in [0.25, 0.3) is 0 Å². The van der Waals surface area contributed by atoms with Gasteiger partial charge >= 0.3 is 0 Å². The van der Waals surface area contributed by atoms with Gasteiger partial charge in [-0.25, -0.2) is 0 Å². The van der Waals surface area contributed by atoms with Crippen LogP contribution in [0.2, 0.25) is 0 Å². The molecule has 72 valence electrons. The molecule has 3 rings (SSSR count). The molecule has 2 nitrogen and oxygen atoms in total. The van der Waals surface area contributed by atoms with E-state index in [9.17, 15) is 5.11 Å². The zero-order valence-electron chi connectivity index (χ0n) is 7.83. The molecule has 0 bridgehead atoms. The van der Waals surface area contributed by atoms with Gasteiger partial charge in [-0.3, -0.25) is 0 Å². The Balaban J connectivity index is 1.96. The lowest BCUT2D eigenvalue weighted by molar-refractivity contribution is 0.174. The molecule has 2 fully saturated rings. The summed E-state index contributed by atoms with van der Waals surface area (Å²) in [7, 11) is 0. The van der Waals surface area contributed by atoms with Crippen LogP contribution in [0.3, 0.4) is 0 Å². The Bertz CT molecular complexity index is 257. The third-order valence-electron chi connectivity index (χ3n) is 4.02. The topological polar surface area (TPSA) is 29.5 Å². The Hall–Kier alpha value is -0.340. The highest BCUT2D eigenvalue weighted by Gasteiger charge is 2.45. The van der Waals surface area contributed by atoms with Crippen molar-refractivity contribution in [3.63, 3.8) is 0 Å². The van der Waals surface area contributed by atoms with E-state index in [2.05, 4.69) is 0 Å². The van der Waals surface area contributed by atoms with Crippen LogP contribution in [-0.2, 0) is 4.74 Å². The van der Waals surface area contributed by atoms with Gasteiger partial charge in [-0.1, -0.05) is 5.57 Å². The van der Waals surface area contributed by atoms with Crippen molar-refractivity contribution >= 4 is 0 Å². The van der Waals surface area contributed by atoms with Crippen LogP contribution in [0.1, 0.15) is 19.3 Å². The number of hydrogen-bond acceptors (Lipinski definition) is 2. The van der Waals surface area contributed by atoms with Crippen LogP contribution in [0.5, 0.6) is 0 Å². The Labute approximate surface area is 78.6 Å². The van der Waals surface area contributed by atoms with Crippen molar-refractivity contribution in [2.45, 2.75) is 19.3 Å². The first-order valence-electron chi connectivity index (χ1n) is 5.30. The fourth-order valence-corrected chi connectivity index (χ4v) is 3.46. The van der Waals surface area contributed by atoms with E-state index < -0.39 is 0 Å². The quantitative estimate of drug-likeness (QED) is 0.617. The molecule has 0 amide bonds. The van der Waals surface area contributed by atoms with Gasteiger partial charge in [-0.15, -0.1) is 0 Å². The van der Waals surface area contributed by atoms with E-state index in [4.69, 9.17) is 4.74 Å². The van der Waals surface area contributed by atoms with Gasteiger partial charge in [-0.2, -0.15) is 0 Å². The molecular weight excluding hydrogens is 164 g/mol. The van der Waals surface area contributed by atoms with Gasteiger partial charge < -0.3 is 9.84 Å². The highest BCUT2D eigenvalue weighted by molar-refractivity contribution is 5.30. The zero-order chi connectivity index (χ0) is 8.84. The summed E-state index contributed by atoms with van der Waals surface area (Å²) in [6, 6.07) is 0. The largest absolute Gasteiger partial charge is 0.392 e. The fraction of sp³-hybridized carbons (Fsp3) is 0.818. The van der Waals surface area contributed by atoms with Crippen LogP contribution in [0.15, 0.2) is 11.1 Å². The van der Waals surface area contributed by atoms with Gasteiger partial charge in [0.2, 0.25) is 0 Å². The Morgan fingerprint density at radius 3 is 3.15 bits per heavy atom. The third-order valence-corrected chi connectivity index (χ3v) is 4.02. The van der Waals surface area contributed by atoms with Crippen LogP contribution >= 0.6 is 0 Å². The molecule has 0 spiro atoms. The second-order valence-corrected chi connectivity index (χ2v) is 4.59. The van der Waals surface area contributed by atoms with E-state index in [1.165, 1.54) is 18.4 Å². The predicted molar refractivity (Wildman–Crippen MR) is 49.3 cm³/mol. The molecule has 1 saturated heterocycles. The van der Waals surface area contributed by atoms with E-state index in [1.807, 2.05) is 0 Å². The molecular formula is C11H16O2. The lowest BCUT2D eigenvalue weighted by Gasteiger charge is -2.10. The van der Waals surface area contributed by atoms with Gasteiger partial charge in [0.05, 0.1) is 19.8 Å². The lowest BCUT2D eigenvalue weighted by atomic mass is 9.94. The number of ether oxygens (including phenoxy) is 1. The number of aliphatic hydroxyl groups is 1. The van der Waals surface area contributed by atoms with Gasteiger partial charge in [0.15, 0.2) is 0 Å². The monoisotopic (exact) mass is 180 g/mol. The fourth-order valence-electron chi connectivity index (χ4n) is 3.46. The smallest absolute Gasteiger partial charge is 0.0644 e. The Kier molecular flexibility index (Phi) is 1.74. The molecule has 1 aliphatic heterocycles. The first-order valence-corrected chi connectivity index (χ1v) is 5.30. The van der Waals surface area contributed by atoms with Crippen molar-refractivity contribution in [3.05, 3.63) is 11.1 Å². The number of rotatable bonds is 1. The lowest BCUT2D eigenvalue weighted by Crippen LogP contribution is -2.07. The molecule has 2 aliphatic carbocycles. The molecule has 0 aromatic heterocycles. The summed E-state index contributed by atoms with van der Waals surface area (Å²) in [6.07, 6.45) is 3.75. The van der Waals surface area contributed by atoms with Crippen molar-refractivity contribution < 1.29 is 9.84 Å². The summed E-state index contributed by atoms with van der Waals surface area (Å²) >= 11 is 0. The Morgan fingerprint density at radius 2 is 2.31 bits per heavy atom. The number of fused-ring (bicyclic) bond motifs is 3. The van der Waals surface area contributed by atoms with Crippen molar-refractivity contribution in [3.8, 4) is 0 Å². The molecule has 0 aromatic rings. The zero-order valence-corrected chi connectivity index (χ0v) is 7.83. The predicted octanol–water partition coefficient (Wildman–Crippen LogP) is 1.35. The molecule has 0 unspecified atom stereocenters. The SMILES string of the molecule is OCC1=C2[C@@H](CC1)C[C@@H]1COC[C@H]21. The summed E-state index contributed by atoms with van der Waals surface area (Å²) in [4.78, 5) is 0. The van der Waals surface area contributed by atoms with Crippen LogP contribution < -0.4 is 0 Å². The molecule has 0 aromatic carbocycles. The summed E-state index contributed by atoms with van der Waals surface area (Å²) in [5, 5.41) is 9.23. The molecule has 3 aliphatic rings. The molecule has 1 heterocycles. The first kappa shape index (κ1) is 8.01. The summed E-state index contributed by atoms with van der Waals surface area (Å²) in [5.41, 5.74) is 2.92. The standard InChI is InChI=1S/C11H16O2/c12-4-8-2-1-7-3-9-5-13-6-10(9)11(7)8/h7,9-10,12H,1-6H2/t7-,9+,10-/m0/s1. The highest BCUT2D eigenvalue weighted by atomic mass is 16.5. The number of hydrogen-bond donors (Lipinski definition) is 1. The summed E-state index contributed by atoms with van der Waals surface area (Å²) in [6.45, 7) is 2.17. The van der Waals surface area contributed by atoms with Crippen LogP contribution in [-0.4, -0.2) is 24.9 Å². The van der Waals surface area contributed by atoms with Crippen LogP contribution in [0.25, 0.3) is 0 Å². The van der Waals surface area contributed by atoms with Crippen LogP contribution in [0.4, 0.5) is 0 Å².